The molecule has 5 nitrogen and oxygen atoms in total. The Bertz CT molecular complexity index is 782. The maximum atomic E-state index is 13.7. The molecule has 0 aliphatic carbocycles. The molecule has 1 saturated heterocycles. The first-order valence-electron chi connectivity index (χ1n) is 9.77. The molecule has 0 bridgehead atoms. The van der Waals surface area contributed by atoms with Crippen LogP contribution >= 0.6 is 11.8 Å². The molecule has 2 aromatic rings. The molecule has 29 heavy (non-hydrogen) atoms. The van der Waals surface area contributed by atoms with Gasteiger partial charge in [0.2, 0.25) is 5.91 Å². The number of morpholine rings is 1. The first-order valence-corrected chi connectivity index (χ1v) is 10.8. The van der Waals surface area contributed by atoms with Crippen LogP contribution in [0, 0.1) is 5.82 Å². The topological polar surface area (TPSA) is 50.8 Å². The van der Waals surface area contributed by atoms with Crippen molar-refractivity contribution in [2.45, 2.75) is 17.4 Å². The summed E-state index contributed by atoms with van der Waals surface area (Å²) < 4.78 is 24.4. The molecule has 156 valence electrons. The van der Waals surface area contributed by atoms with Gasteiger partial charge in [-0.2, -0.15) is 0 Å². The van der Waals surface area contributed by atoms with E-state index in [4.69, 9.17) is 9.47 Å². The predicted octanol–water partition coefficient (Wildman–Crippen LogP) is 3.51. The van der Waals surface area contributed by atoms with E-state index < -0.39 is 0 Å². The van der Waals surface area contributed by atoms with E-state index in [-0.39, 0.29) is 17.8 Å². The molecule has 0 saturated carbocycles. The van der Waals surface area contributed by atoms with Crippen LogP contribution in [-0.2, 0) is 9.53 Å². The highest BCUT2D eigenvalue weighted by atomic mass is 32.2. The van der Waals surface area contributed by atoms with Gasteiger partial charge in [-0.3, -0.25) is 9.69 Å². The van der Waals surface area contributed by atoms with E-state index in [1.807, 2.05) is 24.3 Å². The summed E-state index contributed by atoms with van der Waals surface area (Å²) in [6.45, 7) is 3.57. The van der Waals surface area contributed by atoms with E-state index in [9.17, 15) is 9.18 Å². The number of hydrogen-bond donors (Lipinski definition) is 1. The van der Waals surface area contributed by atoms with Crippen molar-refractivity contribution in [2.24, 2.45) is 0 Å². The third-order valence-electron chi connectivity index (χ3n) is 4.90. The second kappa shape index (κ2) is 11.2. The van der Waals surface area contributed by atoms with E-state index in [0.29, 0.717) is 36.8 Å². The van der Waals surface area contributed by atoms with Gasteiger partial charge in [-0.15, -0.1) is 11.8 Å². The molecule has 2 aromatic carbocycles. The SMILES string of the molecule is COc1ccc(C(CNC(=O)CCSc2ccccc2F)N2CCOCC2)cc1. The van der Waals surface area contributed by atoms with Gasteiger partial charge < -0.3 is 14.8 Å². The van der Waals surface area contributed by atoms with Crippen LogP contribution in [0.3, 0.4) is 0 Å². The smallest absolute Gasteiger partial charge is 0.220 e. The van der Waals surface area contributed by atoms with Gasteiger partial charge in [0.15, 0.2) is 0 Å². The first kappa shape index (κ1) is 21.6. The lowest BCUT2D eigenvalue weighted by atomic mass is 10.0. The third-order valence-corrected chi connectivity index (χ3v) is 5.95. The summed E-state index contributed by atoms with van der Waals surface area (Å²) in [5, 5.41) is 3.05. The van der Waals surface area contributed by atoms with E-state index in [1.165, 1.54) is 17.8 Å². The van der Waals surface area contributed by atoms with Gasteiger partial charge in [-0.1, -0.05) is 24.3 Å². The zero-order valence-electron chi connectivity index (χ0n) is 16.6. The van der Waals surface area contributed by atoms with Gasteiger partial charge in [-0.25, -0.2) is 4.39 Å². The normalized spacial score (nSPS) is 15.7. The summed E-state index contributed by atoms with van der Waals surface area (Å²) in [5.74, 6) is 1.08. The van der Waals surface area contributed by atoms with E-state index in [0.717, 1.165) is 24.4 Å². The molecular formula is C22H27FN2O3S. The number of halogens is 1. The molecule has 1 unspecified atom stereocenters. The number of nitrogens with one attached hydrogen (secondary N) is 1. The number of carbonyl (C=O) groups excluding carboxylic acids is 1. The number of nitrogens with zero attached hydrogens (tertiary/aromatic N) is 1. The van der Waals surface area contributed by atoms with E-state index in [2.05, 4.69) is 10.2 Å². The van der Waals surface area contributed by atoms with E-state index in [1.54, 1.807) is 25.3 Å². The molecule has 3 rings (SSSR count). The lowest BCUT2D eigenvalue weighted by molar-refractivity contribution is -0.121. The Morgan fingerprint density at radius 2 is 1.93 bits per heavy atom. The molecule has 1 aliphatic rings. The fraction of sp³-hybridized carbons (Fsp3) is 0.409. The van der Waals surface area contributed by atoms with Crippen molar-refractivity contribution >= 4 is 17.7 Å². The van der Waals surface area contributed by atoms with Crippen molar-refractivity contribution in [1.29, 1.82) is 0 Å². The Labute approximate surface area is 175 Å². The largest absolute Gasteiger partial charge is 0.497 e. The molecule has 1 heterocycles. The average molecular weight is 419 g/mol. The van der Waals surface area contributed by atoms with Gasteiger partial charge in [-0.05, 0) is 29.8 Å². The minimum Gasteiger partial charge on any atom is -0.497 e. The van der Waals surface area contributed by atoms with Crippen LogP contribution in [0.15, 0.2) is 53.4 Å². The summed E-state index contributed by atoms with van der Waals surface area (Å²) in [6, 6.07) is 14.7. The van der Waals surface area contributed by atoms with Gasteiger partial charge in [0.25, 0.3) is 0 Å². The van der Waals surface area contributed by atoms with Crippen LogP contribution in [0.2, 0.25) is 0 Å². The maximum Gasteiger partial charge on any atom is 0.220 e. The summed E-state index contributed by atoms with van der Waals surface area (Å²) in [5.41, 5.74) is 1.13. The van der Waals surface area contributed by atoms with Crippen molar-refractivity contribution in [3.8, 4) is 5.75 Å². The second-order valence-electron chi connectivity index (χ2n) is 6.77. The first-order chi connectivity index (χ1) is 14.2. The Hall–Kier alpha value is -2.09. The summed E-state index contributed by atoms with van der Waals surface area (Å²) in [4.78, 5) is 15.3. The lowest BCUT2D eigenvalue weighted by Gasteiger charge is -2.35. The predicted molar refractivity (Wildman–Crippen MR) is 113 cm³/mol. The minimum atomic E-state index is -0.246. The Morgan fingerprint density at radius 3 is 2.62 bits per heavy atom. The molecule has 1 atom stereocenters. The molecule has 1 aliphatic heterocycles. The fourth-order valence-corrected chi connectivity index (χ4v) is 4.18. The molecule has 7 heteroatoms. The van der Waals surface area contributed by atoms with Crippen molar-refractivity contribution in [1.82, 2.24) is 10.2 Å². The summed E-state index contributed by atoms with van der Waals surface area (Å²) in [7, 11) is 1.65. The molecule has 0 aromatic heterocycles. The quantitative estimate of drug-likeness (QED) is 0.632. The Morgan fingerprint density at radius 1 is 1.21 bits per heavy atom. The highest BCUT2D eigenvalue weighted by molar-refractivity contribution is 7.99. The third kappa shape index (κ3) is 6.45. The Kier molecular flexibility index (Phi) is 8.34. The minimum absolute atomic E-state index is 0.0272. The fourth-order valence-electron chi connectivity index (χ4n) is 3.29. The van der Waals surface area contributed by atoms with Crippen LogP contribution in [0.1, 0.15) is 18.0 Å². The van der Waals surface area contributed by atoms with Crippen LogP contribution in [-0.4, -0.2) is 56.5 Å². The Balaban J connectivity index is 1.54. The van der Waals surface area contributed by atoms with Crippen LogP contribution in [0.25, 0.3) is 0 Å². The zero-order chi connectivity index (χ0) is 20.5. The van der Waals surface area contributed by atoms with Gasteiger partial charge in [0.05, 0.1) is 26.4 Å². The van der Waals surface area contributed by atoms with E-state index >= 15 is 0 Å². The molecular weight excluding hydrogens is 391 g/mol. The van der Waals surface area contributed by atoms with Crippen LogP contribution in [0.5, 0.6) is 5.75 Å². The van der Waals surface area contributed by atoms with Gasteiger partial charge in [0.1, 0.15) is 11.6 Å². The second-order valence-corrected chi connectivity index (χ2v) is 7.91. The number of ether oxygens (including phenoxy) is 2. The molecule has 1 fully saturated rings. The van der Waals surface area contributed by atoms with Crippen molar-refractivity contribution < 1.29 is 18.7 Å². The van der Waals surface area contributed by atoms with Crippen molar-refractivity contribution in [3.63, 3.8) is 0 Å². The number of hydrogen-bond acceptors (Lipinski definition) is 5. The number of benzene rings is 2. The number of rotatable bonds is 9. The summed E-state index contributed by atoms with van der Waals surface area (Å²) >= 11 is 1.36. The van der Waals surface area contributed by atoms with Gasteiger partial charge >= 0.3 is 0 Å². The monoisotopic (exact) mass is 418 g/mol. The van der Waals surface area contributed by atoms with Crippen molar-refractivity contribution in [3.05, 3.63) is 59.9 Å². The lowest BCUT2D eigenvalue weighted by Crippen LogP contribution is -2.43. The number of thioether (sulfide) groups is 1. The molecule has 0 radical (unpaired) electrons. The standard InChI is InChI=1S/C22H27FN2O3S/c1-27-18-8-6-17(7-9-18)20(25-11-13-28-14-12-25)16-24-22(26)10-15-29-21-5-3-2-4-19(21)23/h2-9,20H,10-16H2,1H3,(H,24,26). The van der Waals surface area contributed by atoms with Gasteiger partial charge in [0, 0.05) is 36.7 Å². The number of carbonyl (C=O) groups is 1. The molecule has 1 amide bonds. The zero-order valence-corrected chi connectivity index (χ0v) is 17.4. The summed E-state index contributed by atoms with van der Waals surface area (Å²) in [6.07, 6.45) is 0.345. The van der Waals surface area contributed by atoms with Crippen LogP contribution in [0.4, 0.5) is 4.39 Å². The molecule has 1 N–H and O–H groups in total. The average Bonchev–Trinajstić information content (AvgIpc) is 2.76. The maximum absolute atomic E-state index is 13.7. The highest BCUT2D eigenvalue weighted by Gasteiger charge is 2.23. The van der Waals surface area contributed by atoms with Crippen molar-refractivity contribution in [2.75, 3.05) is 45.7 Å². The van der Waals surface area contributed by atoms with Crippen LogP contribution < -0.4 is 10.1 Å². The number of methoxy groups -OCH3 is 1. The number of amides is 1. The highest BCUT2D eigenvalue weighted by Crippen LogP contribution is 2.24. The molecule has 0 spiro atoms.